The summed E-state index contributed by atoms with van der Waals surface area (Å²) >= 11 is 0. The van der Waals surface area contributed by atoms with Gasteiger partial charge in [0.25, 0.3) is 6.43 Å². The maximum absolute atomic E-state index is 11.6. The molecule has 11 heavy (non-hydrogen) atoms. The van der Waals surface area contributed by atoms with Gasteiger partial charge in [0.2, 0.25) is 0 Å². The lowest BCUT2D eigenvalue weighted by Crippen LogP contribution is -2.30. The molecule has 0 saturated carbocycles. The maximum Gasteiger partial charge on any atom is 0.261 e. The molecule has 0 spiro atoms. The van der Waals surface area contributed by atoms with Gasteiger partial charge in [0.15, 0.2) is 0 Å². The Morgan fingerprint density at radius 2 is 1.91 bits per heavy atom. The van der Waals surface area contributed by atoms with Crippen molar-refractivity contribution < 1.29 is 13.5 Å². The van der Waals surface area contributed by atoms with E-state index in [2.05, 4.69) is 0 Å². The van der Waals surface area contributed by atoms with Crippen LogP contribution in [0.2, 0.25) is 0 Å². The van der Waals surface area contributed by atoms with E-state index in [1.165, 1.54) is 0 Å². The fourth-order valence-corrected chi connectivity index (χ4v) is 0.729. The van der Waals surface area contributed by atoms with E-state index >= 15 is 0 Å². The molecule has 0 aromatic carbocycles. The highest BCUT2D eigenvalue weighted by molar-refractivity contribution is 4.62. The van der Waals surface area contributed by atoms with Crippen LogP contribution in [0.3, 0.4) is 0 Å². The standard InChI is InChI=1S/C7H15F2NO/c1-5(2)6(3-10)11-4-7(8)9/h5-7H,3-4,10H2,1-2H3. The average Bonchev–Trinajstić information content (AvgIpc) is 1.87. The van der Waals surface area contributed by atoms with Crippen molar-refractivity contribution in [2.45, 2.75) is 26.4 Å². The van der Waals surface area contributed by atoms with Gasteiger partial charge in [-0.3, -0.25) is 0 Å². The van der Waals surface area contributed by atoms with Crippen LogP contribution in [-0.2, 0) is 4.74 Å². The van der Waals surface area contributed by atoms with Crippen LogP contribution < -0.4 is 5.73 Å². The lowest BCUT2D eigenvalue weighted by atomic mass is 10.1. The lowest BCUT2D eigenvalue weighted by molar-refractivity contribution is -0.0369. The molecule has 2 N–H and O–H groups in total. The van der Waals surface area contributed by atoms with Crippen LogP contribution in [0.15, 0.2) is 0 Å². The third kappa shape index (κ3) is 5.09. The third-order valence-corrected chi connectivity index (χ3v) is 1.41. The van der Waals surface area contributed by atoms with Gasteiger partial charge in [0.1, 0.15) is 6.61 Å². The number of hydrogen-bond acceptors (Lipinski definition) is 2. The van der Waals surface area contributed by atoms with Gasteiger partial charge in [-0.1, -0.05) is 13.8 Å². The summed E-state index contributed by atoms with van der Waals surface area (Å²) in [5.41, 5.74) is 5.29. The van der Waals surface area contributed by atoms with E-state index in [9.17, 15) is 8.78 Å². The van der Waals surface area contributed by atoms with Crippen LogP contribution in [0.5, 0.6) is 0 Å². The van der Waals surface area contributed by atoms with Gasteiger partial charge in [0, 0.05) is 6.54 Å². The van der Waals surface area contributed by atoms with Crippen molar-refractivity contribution in [3.05, 3.63) is 0 Å². The lowest BCUT2D eigenvalue weighted by Gasteiger charge is -2.18. The third-order valence-electron chi connectivity index (χ3n) is 1.41. The van der Waals surface area contributed by atoms with Crippen molar-refractivity contribution in [1.82, 2.24) is 0 Å². The largest absolute Gasteiger partial charge is 0.371 e. The Bertz CT molecular complexity index is 98.4. The Kier molecular flexibility index (Phi) is 5.32. The molecular weight excluding hydrogens is 152 g/mol. The molecule has 1 atom stereocenters. The average molecular weight is 167 g/mol. The predicted molar refractivity (Wildman–Crippen MR) is 39.6 cm³/mol. The highest BCUT2D eigenvalue weighted by Gasteiger charge is 2.13. The number of rotatable bonds is 5. The Morgan fingerprint density at radius 3 is 2.18 bits per heavy atom. The molecule has 2 nitrogen and oxygen atoms in total. The van der Waals surface area contributed by atoms with Gasteiger partial charge >= 0.3 is 0 Å². The zero-order chi connectivity index (χ0) is 8.85. The van der Waals surface area contributed by atoms with E-state index in [0.29, 0.717) is 6.54 Å². The summed E-state index contributed by atoms with van der Waals surface area (Å²) in [6.07, 6.45) is -2.65. The molecule has 0 heterocycles. The van der Waals surface area contributed by atoms with Gasteiger partial charge in [0.05, 0.1) is 6.10 Å². The molecule has 0 fully saturated rings. The van der Waals surface area contributed by atoms with E-state index in [1.54, 1.807) is 0 Å². The van der Waals surface area contributed by atoms with E-state index in [0.717, 1.165) is 0 Å². The molecule has 0 bridgehead atoms. The van der Waals surface area contributed by atoms with Crippen molar-refractivity contribution in [2.24, 2.45) is 11.7 Å². The summed E-state index contributed by atoms with van der Waals surface area (Å²) in [6.45, 7) is 3.57. The summed E-state index contributed by atoms with van der Waals surface area (Å²) in [5.74, 6) is 0.193. The second kappa shape index (κ2) is 5.43. The predicted octanol–water partition coefficient (Wildman–Crippen LogP) is 1.25. The molecule has 0 aliphatic rings. The Morgan fingerprint density at radius 1 is 1.36 bits per heavy atom. The molecule has 0 saturated heterocycles. The van der Waals surface area contributed by atoms with Crippen LogP contribution in [0, 0.1) is 5.92 Å². The van der Waals surface area contributed by atoms with Gasteiger partial charge in [-0.15, -0.1) is 0 Å². The minimum absolute atomic E-state index is 0.193. The smallest absolute Gasteiger partial charge is 0.261 e. The van der Waals surface area contributed by atoms with Crippen LogP contribution in [-0.4, -0.2) is 25.7 Å². The summed E-state index contributed by atoms with van der Waals surface area (Å²) in [6, 6.07) is 0. The molecule has 0 amide bonds. The zero-order valence-electron chi connectivity index (χ0n) is 6.89. The zero-order valence-corrected chi connectivity index (χ0v) is 6.89. The summed E-state index contributed by atoms with van der Waals surface area (Å²) in [4.78, 5) is 0. The van der Waals surface area contributed by atoms with Gasteiger partial charge < -0.3 is 10.5 Å². The second-order valence-electron chi connectivity index (χ2n) is 2.74. The van der Waals surface area contributed by atoms with Crippen LogP contribution in [0.4, 0.5) is 8.78 Å². The molecule has 4 heteroatoms. The molecule has 0 aliphatic carbocycles. The first-order chi connectivity index (χ1) is 5.07. The number of nitrogens with two attached hydrogens (primary N) is 1. The molecular formula is C7H15F2NO. The molecule has 0 aromatic rings. The van der Waals surface area contributed by atoms with Crippen molar-refractivity contribution in [3.8, 4) is 0 Å². The number of alkyl halides is 2. The number of ether oxygens (including phenoxy) is 1. The molecule has 0 rings (SSSR count). The minimum Gasteiger partial charge on any atom is -0.371 e. The minimum atomic E-state index is -2.40. The summed E-state index contributed by atoms with van der Waals surface area (Å²) in [5, 5.41) is 0. The van der Waals surface area contributed by atoms with E-state index in [1.807, 2.05) is 13.8 Å². The monoisotopic (exact) mass is 167 g/mol. The van der Waals surface area contributed by atoms with Crippen molar-refractivity contribution in [1.29, 1.82) is 0 Å². The van der Waals surface area contributed by atoms with Crippen LogP contribution in [0.25, 0.3) is 0 Å². The van der Waals surface area contributed by atoms with E-state index in [4.69, 9.17) is 10.5 Å². The summed E-state index contributed by atoms with van der Waals surface area (Å²) < 4.78 is 28.1. The number of hydrogen-bond donors (Lipinski definition) is 1. The van der Waals surface area contributed by atoms with Crippen molar-refractivity contribution in [3.63, 3.8) is 0 Å². The second-order valence-corrected chi connectivity index (χ2v) is 2.74. The fraction of sp³-hybridized carbons (Fsp3) is 1.00. The normalized spacial score (nSPS) is 14.5. The first-order valence-electron chi connectivity index (χ1n) is 3.67. The highest BCUT2D eigenvalue weighted by atomic mass is 19.3. The Balaban J connectivity index is 3.52. The van der Waals surface area contributed by atoms with E-state index < -0.39 is 13.0 Å². The van der Waals surface area contributed by atoms with Gasteiger partial charge in [-0.25, -0.2) is 8.78 Å². The molecule has 1 unspecified atom stereocenters. The first-order valence-corrected chi connectivity index (χ1v) is 3.67. The first kappa shape index (κ1) is 10.8. The van der Waals surface area contributed by atoms with Gasteiger partial charge in [-0.05, 0) is 5.92 Å². The maximum atomic E-state index is 11.6. The number of halogens is 2. The molecule has 0 radical (unpaired) electrons. The van der Waals surface area contributed by atoms with E-state index in [-0.39, 0.29) is 12.0 Å². The topological polar surface area (TPSA) is 35.2 Å². The van der Waals surface area contributed by atoms with Crippen molar-refractivity contribution >= 4 is 0 Å². The molecule has 68 valence electrons. The molecule has 0 aliphatic heterocycles. The van der Waals surface area contributed by atoms with Crippen LogP contribution >= 0.6 is 0 Å². The van der Waals surface area contributed by atoms with Crippen molar-refractivity contribution in [2.75, 3.05) is 13.2 Å². The fourth-order valence-electron chi connectivity index (χ4n) is 0.729. The van der Waals surface area contributed by atoms with Gasteiger partial charge in [-0.2, -0.15) is 0 Å². The quantitative estimate of drug-likeness (QED) is 0.668. The highest BCUT2D eigenvalue weighted by Crippen LogP contribution is 2.06. The SMILES string of the molecule is CC(C)C(CN)OCC(F)F. The molecule has 0 aromatic heterocycles. The Labute approximate surface area is 65.7 Å². The summed E-state index contributed by atoms with van der Waals surface area (Å²) in [7, 11) is 0. The Hall–Kier alpha value is -0.220. The van der Waals surface area contributed by atoms with Crippen LogP contribution in [0.1, 0.15) is 13.8 Å².